The van der Waals surface area contributed by atoms with Crippen molar-refractivity contribution in [2.45, 2.75) is 52.0 Å². The van der Waals surface area contributed by atoms with E-state index in [4.69, 9.17) is 11.6 Å². The second-order valence-corrected chi connectivity index (χ2v) is 7.24. The maximum atomic E-state index is 13.6. The van der Waals surface area contributed by atoms with Crippen molar-refractivity contribution < 1.29 is 4.39 Å². The zero-order valence-electron chi connectivity index (χ0n) is 12.7. The Morgan fingerprint density at radius 1 is 1.33 bits per heavy atom. The number of halogens is 2. The molecule has 0 radical (unpaired) electrons. The van der Waals surface area contributed by atoms with E-state index in [0.717, 1.165) is 36.1 Å². The molecule has 0 aliphatic heterocycles. The Morgan fingerprint density at radius 3 is 2.71 bits per heavy atom. The van der Waals surface area contributed by atoms with Crippen LogP contribution < -0.4 is 0 Å². The molecule has 1 aliphatic carbocycles. The van der Waals surface area contributed by atoms with E-state index in [0.29, 0.717) is 17.3 Å². The minimum Gasteiger partial charge on any atom is -0.325 e. The highest BCUT2D eigenvalue weighted by Gasteiger charge is 2.29. The monoisotopic (exact) mass is 308 g/mol. The number of aromatic nitrogens is 2. The van der Waals surface area contributed by atoms with Gasteiger partial charge in [0, 0.05) is 18.3 Å². The van der Waals surface area contributed by atoms with Gasteiger partial charge in [0.15, 0.2) is 0 Å². The van der Waals surface area contributed by atoms with Crippen LogP contribution in [0.2, 0.25) is 0 Å². The quantitative estimate of drug-likeness (QED) is 0.721. The van der Waals surface area contributed by atoms with E-state index < -0.39 is 0 Å². The molecule has 0 atom stereocenters. The average Bonchev–Trinajstić information content (AvgIpc) is 2.77. The summed E-state index contributed by atoms with van der Waals surface area (Å²) in [6.45, 7) is 4.66. The standard InChI is InChI=1S/C17H22ClFN2/c1-17(2)8-5-13(6-9-17)21-15-11-12(19)3-4-14(15)20-16(21)7-10-18/h3-4,11,13H,5-10H2,1-2H3. The third kappa shape index (κ3) is 2.94. The van der Waals surface area contributed by atoms with Crippen molar-refractivity contribution in [3.63, 3.8) is 0 Å². The van der Waals surface area contributed by atoms with Crippen molar-refractivity contribution in [2.75, 3.05) is 5.88 Å². The second kappa shape index (κ2) is 5.60. The minimum atomic E-state index is -0.197. The lowest BCUT2D eigenvalue weighted by molar-refractivity contribution is 0.194. The summed E-state index contributed by atoms with van der Waals surface area (Å²) in [6.07, 6.45) is 5.40. The summed E-state index contributed by atoms with van der Waals surface area (Å²) in [5.41, 5.74) is 2.21. The first-order valence-corrected chi connectivity index (χ1v) is 8.26. The fourth-order valence-electron chi connectivity index (χ4n) is 3.43. The van der Waals surface area contributed by atoms with Gasteiger partial charge in [-0.05, 0) is 49.3 Å². The number of benzene rings is 1. The molecule has 0 amide bonds. The molecule has 1 aromatic heterocycles. The van der Waals surface area contributed by atoms with E-state index in [1.54, 1.807) is 12.1 Å². The van der Waals surface area contributed by atoms with Gasteiger partial charge in [-0.15, -0.1) is 11.6 Å². The number of aryl methyl sites for hydroxylation is 1. The zero-order valence-corrected chi connectivity index (χ0v) is 13.5. The Labute approximate surface area is 130 Å². The molecular formula is C17H22ClFN2. The third-order valence-electron chi connectivity index (χ3n) is 4.72. The number of hydrogen-bond acceptors (Lipinski definition) is 1. The zero-order chi connectivity index (χ0) is 15.0. The predicted octanol–water partition coefficient (Wildman–Crippen LogP) is 5.10. The molecule has 2 aromatic rings. The van der Waals surface area contributed by atoms with Crippen LogP contribution in [0, 0.1) is 11.2 Å². The smallest absolute Gasteiger partial charge is 0.125 e. The first-order valence-electron chi connectivity index (χ1n) is 7.72. The highest BCUT2D eigenvalue weighted by Crippen LogP contribution is 2.41. The molecule has 0 N–H and O–H groups in total. The fourth-order valence-corrected chi connectivity index (χ4v) is 3.60. The van der Waals surface area contributed by atoms with E-state index in [9.17, 15) is 4.39 Å². The van der Waals surface area contributed by atoms with Crippen LogP contribution in [0.15, 0.2) is 18.2 Å². The van der Waals surface area contributed by atoms with Gasteiger partial charge in [-0.3, -0.25) is 0 Å². The second-order valence-electron chi connectivity index (χ2n) is 6.87. The van der Waals surface area contributed by atoms with Crippen LogP contribution in [0.5, 0.6) is 0 Å². The number of imidazole rings is 1. The number of hydrogen-bond donors (Lipinski definition) is 0. The number of alkyl halides is 1. The first kappa shape index (κ1) is 14.8. The first-order chi connectivity index (χ1) is 10.00. The lowest BCUT2D eigenvalue weighted by Crippen LogP contribution is -2.24. The topological polar surface area (TPSA) is 17.8 Å². The molecular weight excluding hydrogens is 287 g/mol. The Balaban J connectivity index is 2.02. The van der Waals surface area contributed by atoms with Crippen molar-refractivity contribution in [3.05, 3.63) is 29.8 Å². The van der Waals surface area contributed by atoms with Crippen LogP contribution in [-0.2, 0) is 6.42 Å². The average molecular weight is 309 g/mol. The molecule has 114 valence electrons. The van der Waals surface area contributed by atoms with Crippen LogP contribution in [0.25, 0.3) is 11.0 Å². The lowest BCUT2D eigenvalue weighted by atomic mass is 9.75. The van der Waals surface area contributed by atoms with Crippen LogP contribution in [0.3, 0.4) is 0 Å². The van der Waals surface area contributed by atoms with Gasteiger partial charge in [0.05, 0.1) is 11.0 Å². The number of rotatable bonds is 3. The fraction of sp³-hybridized carbons (Fsp3) is 0.588. The molecule has 0 saturated heterocycles. The van der Waals surface area contributed by atoms with Crippen molar-refractivity contribution in [1.29, 1.82) is 0 Å². The maximum Gasteiger partial charge on any atom is 0.125 e. The lowest BCUT2D eigenvalue weighted by Gasteiger charge is -2.35. The highest BCUT2D eigenvalue weighted by molar-refractivity contribution is 6.17. The van der Waals surface area contributed by atoms with Crippen molar-refractivity contribution in [3.8, 4) is 0 Å². The molecule has 4 heteroatoms. The van der Waals surface area contributed by atoms with Crippen molar-refractivity contribution in [1.82, 2.24) is 9.55 Å². The van der Waals surface area contributed by atoms with Crippen molar-refractivity contribution >= 4 is 22.6 Å². The summed E-state index contributed by atoms with van der Waals surface area (Å²) in [6, 6.07) is 5.28. The Morgan fingerprint density at radius 2 is 2.05 bits per heavy atom. The molecule has 1 fully saturated rings. The molecule has 2 nitrogen and oxygen atoms in total. The van der Waals surface area contributed by atoms with E-state index in [1.165, 1.54) is 18.9 Å². The normalized spacial score (nSPS) is 19.2. The van der Waals surface area contributed by atoms with E-state index in [-0.39, 0.29) is 5.82 Å². The Kier molecular flexibility index (Phi) is 3.96. The minimum absolute atomic E-state index is 0.197. The van der Waals surface area contributed by atoms with Gasteiger partial charge < -0.3 is 4.57 Å². The van der Waals surface area contributed by atoms with Gasteiger partial charge in [0.25, 0.3) is 0 Å². The molecule has 1 aromatic carbocycles. The van der Waals surface area contributed by atoms with Gasteiger partial charge in [-0.25, -0.2) is 9.37 Å². The van der Waals surface area contributed by atoms with Crippen LogP contribution >= 0.6 is 11.6 Å². The number of fused-ring (bicyclic) bond motifs is 1. The molecule has 1 saturated carbocycles. The number of nitrogens with zero attached hydrogens (tertiary/aromatic N) is 2. The Bertz CT molecular complexity index is 638. The summed E-state index contributed by atoms with van der Waals surface area (Å²) in [7, 11) is 0. The molecule has 1 aliphatic rings. The maximum absolute atomic E-state index is 13.6. The van der Waals surface area contributed by atoms with Gasteiger partial charge in [0.2, 0.25) is 0 Å². The third-order valence-corrected chi connectivity index (χ3v) is 4.91. The van der Waals surface area contributed by atoms with Crippen LogP contribution in [-0.4, -0.2) is 15.4 Å². The summed E-state index contributed by atoms with van der Waals surface area (Å²) >= 11 is 5.92. The molecule has 0 spiro atoms. The Hall–Kier alpha value is -1.09. The largest absolute Gasteiger partial charge is 0.325 e. The molecule has 0 bridgehead atoms. The van der Waals surface area contributed by atoms with Crippen molar-refractivity contribution in [2.24, 2.45) is 5.41 Å². The summed E-state index contributed by atoms with van der Waals surface area (Å²) < 4.78 is 15.9. The van der Waals surface area contributed by atoms with Gasteiger partial charge in [0.1, 0.15) is 11.6 Å². The van der Waals surface area contributed by atoms with Crippen LogP contribution in [0.1, 0.15) is 51.4 Å². The van der Waals surface area contributed by atoms with Gasteiger partial charge in [-0.2, -0.15) is 0 Å². The van der Waals surface area contributed by atoms with E-state index in [1.807, 2.05) is 0 Å². The molecule has 3 rings (SSSR count). The van der Waals surface area contributed by atoms with Crippen LogP contribution in [0.4, 0.5) is 4.39 Å². The summed E-state index contributed by atoms with van der Waals surface area (Å²) in [5, 5.41) is 0. The molecule has 1 heterocycles. The summed E-state index contributed by atoms with van der Waals surface area (Å²) in [4.78, 5) is 4.67. The SMILES string of the molecule is CC1(C)CCC(n2c(CCCl)nc3ccc(F)cc32)CC1. The molecule has 21 heavy (non-hydrogen) atoms. The van der Waals surface area contributed by atoms with Gasteiger partial charge in [-0.1, -0.05) is 13.8 Å². The summed E-state index contributed by atoms with van der Waals surface area (Å²) in [5.74, 6) is 1.34. The molecule has 0 unspecified atom stereocenters. The van der Waals surface area contributed by atoms with E-state index in [2.05, 4.69) is 23.4 Å². The van der Waals surface area contributed by atoms with E-state index >= 15 is 0 Å². The highest BCUT2D eigenvalue weighted by atomic mass is 35.5. The van der Waals surface area contributed by atoms with Gasteiger partial charge >= 0.3 is 0 Å². The predicted molar refractivity (Wildman–Crippen MR) is 85.4 cm³/mol.